The van der Waals surface area contributed by atoms with Gasteiger partial charge < -0.3 is 15.4 Å². The summed E-state index contributed by atoms with van der Waals surface area (Å²) >= 11 is 0. The maximum atomic E-state index is 10.8. The third-order valence-electron chi connectivity index (χ3n) is 2.41. The Morgan fingerprint density at radius 3 is 2.69 bits per heavy atom. The summed E-state index contributed by atoms with van der Waals surface area (Å²) in [6.45, 7) is 1.26. The Kier molecular flexibility index (Phi) is 4.18. The molecule has 0 aromatic heterocycles. The molecule has 4 nitrogen and oxygen atoms in total. The van der Waals surface area contributed by atoms with Crippen molar-refractivity contribution in [1.29, 1.82) is 0 Å². The number of likely N-dealkylation sites (N-methyl/N-ethyl adjacent to an activating group) is 1. The van der Waals surface area contributed by atoms with E-state index >= 15 is 0 Å². The van der Waals surface area contributed by atoms with E-state index in [1.165, 1.54) is 0 Å². The number of hydrogen-bond acceptors (Lipinski definition) is 3. The van der Waals surface area contributed by atoms with Crippen molar-refractivity contribution in [3.05, 3.63) is 0 Å². The number of ether oxygens (including phenoxy) is 1. The highest BCUT2D eigenvalue weighted by Gasteiger charge is 2.29. The number of amides is 1. The molecule has 0 atom stereocenters. The fraction of sp³-hybridized carbons (Fsp3) is 0.889. The molecule has 2 N–H and O–H groups in total. The van der Waals surface area contributed by atoms with E-state index in [9.17, 15) is 4.79 Å². The van der Waals surface area contributed by atoms with Gasteiger partial charge in [-0.05, 0) is 32.4 Å². The van der Waals surface area contributed by atoms with Crippen LogP contribution in [0.1, 0.15) is 12.8 Å². The molecule has 0 radical (unpaired) electrons. The minimum Gasteiger partial charge on any atom is -0.368 e. The number of hydrogen-bond donors (Lipinski definition) is 2. The third kappa shape index (κ3) is 3.32. The fourth-order valence-electron chi connectivity index (χ4n) is 1.53. The maximum absolute atomic E-state index is 10.8. The Balaban J connectivity index is 1.98. The first-order valence-corrected chi connectivity index (χ1v) is 4.73. The van der Waals surface area contributed by atoms with Gasteiger partial charge in [0.1, 0.15) is 6.61 Å². The van der Waals surface area contributed by atoms with Crippen molar-refractivity contribution in [2.45, 2.75) is 18.9 Å². The first kappa shape index (κ1) is 10.5. The van der Waals surface area contributed by atoms with Crippen LogP contribution in [0.4, 0.5) is 0 Å². The van der Waals surface area contributed by atoms with E-state index in [4.69, 9.17) is 4.74 Å². The minimum absolute atomic E-state index is 0.0444. The molecule has 1 aliphatic carbocycles. The summed E-state index contributed by atoms with van der Waals surface area (Å²) in [6.07, 6.45) is 2.46. The Morgan fingerprint density at radius 2 is 2.15 bits per heavy atom. The molecule has 0 aromatic rings. The summed E-state index contributed by atoms with van der Waals surface area (Å²) in [7, 11) is 3.58. The number of rotatable bonds is 5. The summed E-state index contributed by atoms with van der Waals surface area (Å²) in [6, 6.07) is 0. The molecule has 0 bridgehead atoms. The highest BCUT2D eigenvalue weighted by atomic mass is 16.5. The van der Waals surface area contributed by atoms with Crippen LogP contribution in [0.15, 0.2) is 0 Å². The molecule has 0 saturated heterocycles. The van der Waals surface area contributed by atoms with Crippen molar-refractivity contribution < 1.29 is 9.53 Å². The van der Waals surface area contributed by atoms with Crippen LogP contribution < -0.4 is 10.6 Å². The second-order valence-corrected chi connectivity index (χ2v) is 3.50. The van der Waals surface area contributed by atoms with Crippen LogP contribution in [0, 0.1) is 5.92 Å². The van der Waals surface area contributed by atoms with Crippen molar-refractivity contribution in [2.24, 2.45) is 5.92 Å². The second-order valence-electron chi connectivity index (χ2n) is 3.50. The number of nitrogens with one attached hydrogen (secondary N) is 2. The lowest BCUT2D eigenvalue weighted by Crippen LogP contribution is -2.38. The van der Waals surface area contributed by atoms with Gasteiger partial charge in [0.25, 0.3) is 0 Å². The number of carbonyl (C=O) groups excluding carboxylic acids is 1. The van der Waals surface area contributed by atoms with Crippen molar-refractivity contribution >= 4 is 5.91 Å². The van der Waals surface area contributed by atoms with Crippen LogP contribution in [0.2, 0.25) is 0 Å². The smallest absolute Gasteiger partial charge is 0.245 e. The van der Waals surface area contributed by atoms with E-state index in [-0.39, 0.29) is 12.5 Å². The summed E-state index contributed by atoms with van der Waals surface area (Å²) in [5, 5.41) is 5.66. The normalized spacial score (nSPS) is 26.6. The highest BCUT2D eigenvalue weighted by Crippen LogP contribution is 2.29. The van der Waals surface area contributed by atoms with Crippen molar-refractivity contribution in [2.75, 3.05) is 27.2 Å². The van der Waals surface area contributed by atoms with Gasteiger partial charge in [0.15, 0.2) is 0 Å². The molecular weight excluding hydrogens is 168 g/mol. The third-order valence-corrected chi connectivity index (χ3v) is 2.41. The van der Waals surface area contributed by atoms with Gasteiger partial charge in [-0.1, -0.05) is 0 Å². The van der Waals surface area contributed by atoms with Gasteiger partial charge in [0.05, 0.1) is 6.10 Å². The highest BCUT2D eigenvalue weighted by molar-refractivity contribution is 5.76. The molecule has 4 heteroatoms. The van der Waals surface area contributed by atoms with Crippen molar-refractivity contribution in [1.82, 2.24) is 10.6 Å². The average molecular weight is 186 g/mol. The summed E-state index contributed by atoms with van der Waals surface area (Å²) in [5.41, 5.74) is 0. The fourth-order valence-corrected chi connectivity index (χ4v) is 1.53. The molecule has 1 amide bonds. The standard InChI is InChI=1S/C9H18N2O2/c1-10-5-7-3-8(4-7)13-6-9(12)11-2/h7-8,10H,3-6H2,1-2H3,(H,11,12). The molecule has 1 aliphatic rings. The van der Waals surface area contributed by atoms with Crippen LogP contribution in [0.25, 0.3) is 0 Å². The van der Waals surface area contributed by atoms with E-state index in [2.05, 4.69) is 10.6 Å². The molecule has 0 spiro atoms. The second kappa shape index (κ2) is 5.19. The molecule has 1 fully saturated rings. The first-order chi connectivity index (χ1) is 6.26. The van der Waals surface area contributed by atoms with E-state index in [1.54, 1.807) is 7.05 Å². The van der Waals surface area contributed by atoms with Gasteiger partial charge in [0, 0.05) is 7.05 Å². The average Bonchev–Trinajstić information content (AvgIpc) is 2.08. The molecule has 13 heavy (non-hydrogen) atoms. The molecule has 0 unspecified atom stereocenters. The molecule has 1 saturated carbocycles. The van der Waals surface area contributed by atoms with E-state index in [0.29, 0.717) is 6.10 Å². The summed E-state index contributed by atoms with van der Waals surface area (Å²) < 4.78 is 5.37. The summed E-state index contributed by atoms with van der Waals surface area (Å²) in [4.78, 5) is 10.8. The Hall–Kier alpha value is -0.610. The van der Waals surface area contributed by atoms with Crippen LogP contribution in [-0.4, -0.2) is 39.3 Å². The van der Waals surface area contributed by atoms with Gasteiger partial charge in [-0.3, -0.25) is 4.79 Å². The molecule has 0 aliphatic heterocycles. The van der Waals surface area contributed by atoms with Crippen molar-refractivity contribution in [3.63, 3.8) is 0 Å². The maximum Gasteiger partial charge on any atom is 0.245 e. The number of carbonyl (C=O) groups is 1. The lowest BCUT2D eigenvalue weighted by atomic mass is 9.82. The largest absolute Gasteiger partial charge is 0.368 e. The lowest BCUT2D eigenvalue weighted by Gasteiger charge is -2.34. The van der Waals surface area contributed by atoms with Gasteiger partial charge >= 0.3 is 0 Å². The predicted octanol–water partition coefficient (Wildman–Crippen LogP) is -0.253. The minimum atomic E-state index is -0.0444. The monoisotopic (exact) mass is 186 g/mol. The van der Waals surface area contributed by atoms with Crippen LogP contribution in [-0.2, 0) is 9.53 Å². The SMILES string of the molecule is CNCC1CC(OCC(=O)NC)C1. The molecule has 76 valence electrons. The first-order valence-electron chi connectivity index (χ1n) is 4.73. The van der Waals surface area contributed by atoms with Gasteiger partial charge in [-0.15, -0.1) is 0 Å². The zero-order valence-electron chi connectivity index (χ0n) is 8.30. The van der Waals surface area contributed by atoms with Crippen LogP contribution in [0.5, 0.6) is 0 Å². The zero-order valence-corrected chi connectivity index (χ0v) is 8.30. The quantitative estimate of drug-likeness (QED) is 0.622. The van der Waals surface area contributed by atoms with E-state index in [0.717, 1.165) is 25.3 Å². The van der Waals surface area contributed by atoms with Gasteiger partial charge in [0.2, 0.25) is 5.91 Å². The molecule has 0 heterocycles. The Labute approximate surface area is 79.0 Å². The van der Waals surface area contributed by atoms with Crippen LogP contribution in [0.3, 0.4) is 0 Å². The van der Waals surface area contributed by atoms with E-state index in [1.807, 2.05) is 7.05 Å². The van der Waals surface area contributed by atoms with Gasteiger partial charge in [-0.25, -0.2) is 0 Å². The zero-order chi connectivity index (χ0) is 9.68. The Bertz CT molecular complexity index is 167. The lowest BCUT2D eigenvalue weighted by molar-refractivity contribution is -0.130. The predicted molar refractivity (Wildman–Crippen MR) is 50.5 cm³/mol. The van der Waals surface area contributed by atoms with Crippen LogP contribution >= 0.6 is 0 Å². The molecule has 0 aromatic carbocycles. The van der Waals surface area contributed by atoms with Crippen molar-refractivity contribution in [3.8, 4) is 0 Å². The van der Waals surface area contributed by atoms with Gasteiger partial charge in [-0.2, -0.15) is 0 Å². The molecule has 1 rings (SSSR count). The van der Waals surface area contributed by atoms with E-state index < -0.39 is 0 Å². The topological polar surface area (TPSA) is 50.4 Å². The summed E-state index contributed by atoms with van der Waals surface area (Å²) in [5.74, 6) is 0.691. The molecular formula is C9H18N2O2. The Morgan fingerprint density at radius 1 is 1.46 bits per heavy atom.